The van der Waals surface area contributed by atoms with Crippen LogP contribution in [0, 0.1) is 0 Å². The summed E-state index contributed by atoms with van der Waals surface area (Å²) in [6, 6.07) is 13.3. The van der Waals surface area contributed by atoms with Crippen LogP contribution in [0.2, 0.25) is 0 Å². The third-order valence-electron chi connectivity index (χ3n) is 8.25. The summed E-state index contributed by atoms with van der Waals surface area (Å²) in [5.74, 6) is -2.43. The summed E-state index contributed by atoms with van der Waals surface area (Å²) in [5, 5.41) is 5.00. The van der Waals surface area contributed by atoms with Crippen LogP contribution >= 0.6 is 15.2 Å². The summed E-state index contributed by atoms with van der Waals surface area (Å²) in [6.45, 7) is -0.577. The SMILES string of the molecule is O=C1c2ccc3c4ccc5c6c(ccc(c7ccc(c2c37)C(=O)N1CCCP(=O)(O)O)c64)C(=O)N(CCP(=O)(O)O)C5=O. The van der Waals surface area contributed by atoms with Crippen molar-refractivity contribution in [2.75, 3.05) is 25.4 Å². The summed E-state index contributed by atoms with van der Waals surface area (Å²) < 4.78 is 22.8. The Morgan fingerprint density at radius 2 is 0.791 bits per heavy atom. The molecule has 0 radical (unpaired) electrons. The molecule has 0 spiro atoms. The van der Waals surface area contributed by atoms with Crippen molar-refractivity contribution in [1.82, 2.24) is 9.80 Å². The highest BCUT2D eigenvalue weighted by atomic mass is 31.2. The van der Waals surface area contributed by atoms with Gasteiger partial charge >= 0.3 is 15.2 Å². The van der Waals surface area contributed by atoms with Gasteiger partial charge in [-0.05, 0) is 63.0 Å². The predicted molar refractivity (Wildman–Crippen MR) is 157 cm³/mol. The third-order valence-corrected chi connectivity index (χ3v) is 9.93. The van der Waals surface area contributed by atoms with Crippen molar-refractivity contribution in [2.45, 2.75) is 6.42 Å². The minimum atomic E-state index is -4.46. The number of carbonyl (C=O) groups excluding carboxylic acids is 4. The van der Waals surface area contributed by atoms with Crippen LogP contribution in [0.1, 0.15) is 47.9 Å². The lowest BCUT2D eigenvalue weighted by molar-refractivity contribution is 0.0598. The molecule has 0 atom stereocenters. The van der Waals surface area contributed by atoms with Crippen molar-refractivity contribution < 1.29 is 47.9 Å². The van der Waals surface area contributed by atoms with Crippen molar-refractivity contribution in [1.29, 1.82) is 0 Å². The van der Waals surface area contributed by atoms with Crippen molar-refractivity contribution in [3.63, 3.8) is 0 Å². The Bertz CT molecular complexity index is 2100. The number of hydrogen-bond donors (Lipinski definition) is 4. The molecular weight excluding hydrogens is 598 g/mol. The first-order valence-electron chi connectivity index (χ1n) is 13.3. The summed E-state index contributed by atoms with van der Waals surface area (Å²) in [5.41, 5.74) is 1.02. The van der Waals surface area contributed by atoms with Gasteiger partial charge in [-0.2, -0.15) is 0 Å². The second-order valence-corrected chi connectivity index (χ2v) is 14.3. The lowest BCUT2D eigenvalue weighted by atomic mass is 9.82. The number of fused-ring (bicyclic) bond motifs is 2. The Hall–Kier alpha value is -4.02. The van der Waals surface area contributed by atoms with Gasteiger partial charge in [-0.1, -0.05) is 24.3 Å². The summed E-state index contributed by atoms with van der Waals surface area (Å²) in [7, 11) is -8.76. The quantitative estimate of drug-likeness (QED) is 0.0904. The Labute approximate surface area is 242 Å². The normalized spacial score (nSPS) is 15.7. The van der Waals surface area contributed by atoms with E-state index in [9.17, 15) is 47.9 Å². The zero-order valence-corrected chi connectivity index (χ0v) is 24.0. The number of imide groups is 2. The highest BCUT2D eigenvalue weighted by Crippen LogP contribution is 2.46. The summed E-state index contributed by atoms with van der Waals surface area (Å²) in [4.78, 5) is 92.6. The smallest absolute Gasteiger partial charge is 0.324 e. The van der Waals surface area contributed by atoms with E-state index in [1.165, 1.54) is 0 Å². The van der Waals surface area contributed by atoms with Crippen LogP contribution < -0.4 is 0 Å². The predicted octanol–water partition coefficient (Wildman–Crippen LogP) is 3.67. The van der Waals surface area contributed by atoms with E-state index < -0.39 is 57.7 Å². The van der Waals surface area contributed by atoms with Crippen LogP contribution in [-0.4, -0.2) is 78.4 Å². The molecule has 0 aliphatic carbocycles. The minimum Gasteiger partial charge on any atom is -0.324 e. The van der Waals surface area contributed by atoms with Crippen molar-refractivity contribution in [2.24, 2.45) is 0 Å². The summed E-state index contributed by atoms with van der Waals surface area (Å²) >= 11 is 0. The van der Waals surface area contributed by atoms with Gasteiger partial charge in [0.2, 0.25) is 0 Å². The number of carbonyl (C=O) groups is 4. The van der Waals surface area contributed by atoms with Crippen LogP contribution in [0.3, 0.4) is 0 Å². The molecule has 4 N–H and O–H groups in total. The van der Waals surface area contributed by atoms with Crippen LogP contribution in [0.5, 0.6) is 0 Å². The van der Waals surface area contributed by atoms with Crippen molar-refractivity contribution in [3.05, 3.63) is 70.8 Å². The Balaban J connectivity index is 1.42. The van der Waals surface area contributed by atoms with Gasteiger partial charge in [0.25, 0.3) is 23.6 Å². The van der Waals surface area contributed by atoms with Crippen LogP contribution in [-0.2, 0) is 9.13 Å². The fourth-order valence-corrected chi connectivity index (χ4v) is 7.45. The number of nitrogens with zero attached hydrogens (tertiary/aromatic N) is 2. The zero-order valence-electron chi connectivity index (χ0n) is 22.2. The molecule has 2 aliphatic heterocycles. The Morgan fingerprint density at radius 1 is 0.465 bits per heavy atom. The molecule has 0 saturated heterocycles. The molecule has 218 valence electrons. The van der Waals surface area contributed by atoms with Gasteiger partial charge in [0.05, 0.1) is 12.3 Å². The molecule has 0 bridgehead atoms. The van der Waals surface area contributed by atoms with Gasteiger partial charge < -0.3 is 19.6 Å². The monoisotopic (exact) mass is 620 g/mol. The molecule has 12 nitrogen and oxygen atoms in total. The molecule has 0 unspecified atom stereocenters. The van der Waals surface area contributed by atoms with E-state index in [0.717, 1.165) is 9.80 Å². The lowest BCUT2D eigenvalue weighted by Gasteiger charge is -2.30. The van der Waals surface area contributed by atoms with E-state index in [1.807, 2.05) is 0 Å². The van der Waals surface area contributed by atoms with Crippen molar-refractivity contribution in [3.8, 4) is 0 Å². The average molecular weight is 620 g/mol. The fraction of sp³-hybridized carbons (Fsp3) is 0.172. The molecule has 14 heteroatoms. The van der Waals surface area contributed by atoms with E-state index in [2.05, 4.69) is 0 Å². The first-order chi connectivity index (χ1) is 20.3. The summed E-state index contributed by atoms with van der Waals surface area (Å²) in [6.07, 6.45) is -1.16. The Morgan fingerprint density at radius 3 is 1.12 bits per heavy atom. The maximum absolute atomic E-state index is 13.5. The molecule has 0 saturated carbocycles. The van der Waals surface area contributed by atoms with Crippen LogP contribution in [0.15, 0.2) is 48.5 Å². The van der Waals surface area contributed by atoms with Gasteiger partial charge in [-0.3, -0.25) is 38.1 Å². The molecular formula is C29H22N2O10P2. The molecule has 7 rings (SSSR count). The average Bonchev–Trinajstić information content (AvgIpc) is 2.94. The van der Waals surface area contributed by atoms with Crippen molar-refractivity contribution >= 4 is 81.9 Å². The highest BCUT2D eigenvalue weighted by Gasteiger charge is 2.37. The molecule has 43 heavy (non-hydrogen) atoms. The zero-order chi connectivity index (χ0) is 30.6. The molecule has 2 heterocycles. The lowest BCUT2D eigenvalue weighted by Crippen LogP contribution is -2.42. The molecule has 0 aromatic heterocycles. The van der Waals surface area contributed by atoms with Crippen LogP contribution in [0.4, 0.5) is 0 Å². The molecule has 5 aromatic carbocycles. The Kier molecular flexibility index (Phi) is 5.97. The number of hydrogen-bond acceptors (Lipinski definition) is 6. The van der Waals surface area contributed by atoms with Crippen LogP contribution in [0.25, 0.3) is 43.1 Å². The number of amides is 4. The van der Waals surface area contributed by atoms with E-state index in [1.54, 1.807) is 48.5 Å². The topological polar surface area (TPSA) is 190 Å². The second kappa shape index (κ2) is 9.24. The molecule has 2 aliphatic rings. The molecule has 5 aromatic rings. The molecule has 4 amide bonds. The number of rotatable bonds is 7. The van der Waals surface area contributed by atoms with Gasteiger partial charge in [-0.15, -0.1) is 0 Å². The van der Waals surface area contributed by atoms with E-state index >= 15 is 0 Å². The van der Waals surface area contributed by atoms with E-state index in [4.69, 9.17) is 0 Å². The first-order valence-corrected chi connectivity index (χ1v) is 16.9. The maximum atomic E-state index is 13.5. The highest BCUT2D eigenvalue weighted by molar-refractivity contribution is 7.52. The number of benzene rings is 5. The maximum Gasteiger partial charge on any atom is 0.327 e. The molecule has 0 fully saturated rings. The third kappa shape index (κ3) is 4.14. The van der Waals surface area contributed by atoms with Gasteiger partial charge in [-0.25, -0.2) is 0 Å². The second-order valence-electron chi connectivity index (χ2n) is 10.8. The van der Waals surface area contributed by atoms with Gasteiger partial charge in [0.15, 0.2) is 0 Å². The standard InChI is InChI=1S/C29H22N2O10P2/c32-26-18-6-2-14-16-4-8-20-25-21(29(35)31(28(20)34)11-13-43(39,40)41)9-5-17(23(16)25)15-3-7-19(24(18)22(14)15)27(33)30(26)10-1-12-42(36,37)38/h2-9H,1,10-13H2,(H2,36,37,38)(H2,39,40,41). The van der Waals surface area contributed by atoms with E-state index in [-0.39, 0.29) is 35.2 Å². The minimum absolute atomic E-state index is 0.0510. The largest absolute Gasteiger partial charge is 0.327 e. The van der Waals surface area contributed by atoms with E-state index in [0.29, 0.717) is 43.1 Å². The van der Waals surface area contributed by atoms with Gasteiger partial charge in [0.1, 0.15) is 0 Å². The first kappa shape index (κ1) is 27.8. The van der Waals surface area contributed by atoms with Gasteiger partial charge in [0, 0.05) is 46.1 Å². The fourth-order valence-electron chi connectivity index (χ4n) is 6.44.